The van der Waals surface area contributed by atoms with Gasteiger partial charge in [-0.2, -0.15) is 0 Å². The van der Waals surface area contributed by atoms with Gasteiger partial charge < -0.3 is 0 Å². The van der Waals surface area contributed by atoms with Gasteiger partial charge in [0, 0.05) is 0 Å². The summed E-state index contributed by atoms with van der Waals surface area (Å²) in [5.41, 5.74) is 3.20. The number of sulfonamides is 1. The number of hydrogen-bond acceptors (Lipinski definition) is 2. The number of rotatable bonds is 7. The van der Waals surface area contributed by atoms with Crippen LogP contribution in [0.15, 0.2) is 89.8 Å². The van der Waals surface area contributed by atoms with Crippen LogP contribution in [0.2, 0.25) is 0 Å². The minimum atomic E-state index is -3.64. The number of nitrogens with one attached hydrogen (secondary N) is 1. The van der Waals surface area contributed by atoms with Crippen LogP contribution >= 0.6 is 0 Å². The smallest absolute Gasteiger partial charge is 0.207 e. The summed E-state index contributed by atoms with van der Waals surface area (Å²) >= 11 is 0. The van der Waals surface area contributed by atoms with Crippen molar-refractivity contribution in [2.75, 3.05) is 0 Å². The van der Waals surface area contributed by atoms with Crippen molar-refractivity contribution in [1.29, 1.82) is 0 Å². The van der Waals surface area contributed by atoms with Crippen LogP contribution in [0.1, 0.15) is 42.5 Å². The van der Waals surface area contributed by atoms with Crippen molar-refractivity contribution in [2.45, 2.75) is 37.6 Å². The zero-order valence-corrected chi connectivity index (χ0v) is 17.4. The number of aryl methyl sites for hydroxylation is 1. The molecule has 0 saturated carbocycles. The molecule has 3 unspecified atom stereocenters. The molecule has 0 aliphatic heterocycles. The lowest BCUT2D eigenvalue weighted by Crippen LogP contribution is -2.34. The third-order valence-electron chi connectivity index (χ3n) is 5.41. The Labute approximate surface area is 168 Å². The van der Waals surface area contributed by atoms with E-state index >= 15 is 0 Å². The highest BCUT2D eigenvalue weighted by Crippen LogP contribution is 2.35. The summed E-state index contributed by atoms with van der Waals surface area (Å²) < 4.78 is 29.1. The van der Waals surface area contributed by atoms with Gasteiger partial charge in [0.25, 0.3) is 0 Å². The van der Waals surface area contributed by atoms with Crippen molar-refractivity contribution >= 4 is 10.0 Å². The maximum absolute atomic E-state index is 13.1. The Hall–Kier alpha value is -2.43. The summed E-state index contributed by atoms with van der Waals surface area (Å²) in [5, 5.41) is 0. The van der Waals surface area contributed by atoms with Crippen LogP contribution in [-0.2, 0) is 10.0 Å². The predicted molar refractivity (Wildman–Crippen MR) is 115 cm³/mol. The molecule has 0 heterocycles. The molecule has 4 heteroatoms. The summed E-state index contributed by atoms with van der Waals surface area (Å²) in [6, 6.07) is 26.7. The Morgan fingerprint density at radius 1 is 0.714 bits per heavy atom. The van der Waals surface area contributed by atoms with Crippen LogP contribution in [0.5, 0.6) is 0 Å². The van der Waals surface area contributed by atoms with Crippen LogP contribution in [0, 0.1) is 12.8 Å². The van der Waals surface area contributed by atoms with Crippen LogP contribution < -0.4 is 4.72 Å². The van der Waals surface area contributed by atoms with Crippen molar-refractivity contribution in [1.82, 2.24) is 4.72 Å². The Balaban J connectivity index is 1.95. The third kappa shape index (κ3) is 4.70. The average molecular weight is 394 g/mol. The first kappa shape index (κ1) is 20.3. The first-order chi connectivity index (χ1) is 13.4. The first-order valence-electron chi connectivity index (χ1n) is 9.57. The monoisotopic (exact) mass is 393 g/mol. The fraction of sp³-hybridized carbons (Fsp3) is 0.250. The zero-order chi connectivity index (χ0) is 20.1. The van der Waals surface area contributed by atoms with Gasteiger partial charge in [-0.1, -0.05) is 92.2 Å². The second-order valence-corrected chi connectivity index (χ2v) is 9.10. The second kappa shape index (κ2) is 8.72. The van der Waals surface area contributed by atoms with Crippen molar-refractivity contribution in [3.05, 3.63) is 102 Å². The lowest BCUT2D eigenvalue weighted by Gasteiger charge is -2.30. The third-order valence-corrected chi connectivity index (χ3v) is 6.87. The lowest BCUT2D eigenvalue weighted by molar-refractivity contribution is 0.378. The molecule has 3 nitrogen and oxygen atoms in total. The molecule has 0 spiro atoms. The predicted octanol–water partition coefficient (Wildman–Crippen LogP) is 5.45. The van der Waals surface area contributed by atoms with E-state index in [1.165, 1.54) is 5.56 Å². The van der Waals surface area contributed by atoms with E-state index in [4.69, 9.17) is 0 Å². The SMILES string of the molecule is Cc1ccc(S(=O)(=O)NC(c2ccccc2)C(C)C(C)c2ccccc2)cc1. The summed E-state index contributed by atoms with van der Waals surface area (Å²) in [6.07, 6.45) is 0. The van der Waals surface area contributed by atoms with E-state index in [1.54, 1.807) is 12.1 Å². The quantitative estimate of drug-likeness (QED) is 0.580. The highest BCUT2D eigenvalue weighted by molar-refractivity contribution is 7.89. The van der Waals surface area contributed by atoms with E-state index in [0.29, 0.717) is 4.90 Å². The van der Waals surface area contributed by atoms with E-state index in [9.17, 15) is 8.42 Å². The summed E-state index contributed by atoms with van der Waals surface area (Å²) in [4.78, 5) is 0.290. The average Bonchev–Trinajstić information content (AvgIpc) is 2.72. The molecule has 0 aromatic heterocycles. The largest absolute Gasteiger partial charge is 0.241 e. The second-order valence-electron chi connectivity index (χ2n) is 7.38. The number of hydrogen-bond donors (Lipinski definition) is 1. The summed E-state index contributed by atoms with van der Waals surface area (Å²) in [6.45, 7) is 6.20. The van der Waals surface area contributed by atoms with E-state index in [-0.39, 0.29) is 17.9 Å². The summed E-state index contributed by atoms with van der Waals surface area (Å²) in [5.74, 6) is 0.247. The van der Waals surface area contributed by atoms with E-state index in [0.717, 1.165) is 11.1 Å². The van der Waals surface area contributed by atoms with Crippen LogP contribution in [0.3, 0.4) is 0 Å². The molecule has 0 aliphatic rings. The van der Waals surface area contributed by atoms with Gasteiger partial charge in [0.1, 0.15) is 0 Å². The molecule has 0 bridgehead atoms. The fourth-order valence-electron chi connectivity index (χ4n) is 3.44. The highest BCUT2D eigenvalue weighted by Gasteiger charge is 2.29. The van der Waals surface area contributed by atoms with E-state index in [2.05, 4.69) is 30.7 Å². The topological polar surface area (TPSA) is 46.2 Å². The molecule has 3 atom stereocenters. The molecule has 0 aliphatic carbocycles. The molecule has 28 heavy (non-hydrogen) atoms. The van der Waals surface area contributed by atoms with Gasteiger partial charge in [-0.05, 0) is 42.0 Å². The van der Waals surface area contributed by atoms with E-state index in [1.807, 2.05) is 67.6 Å². The van der Waals surface area contributed by atoms with Crippen molar-refractivity contribution < 1.29 is 8.42 Å². The minimum absolute atomic E-state index is 0.0602. The molecule has 3 aromatic rings. The van der Waals surface area contributed by atoms with Crippen LogP contribution in [0.4, 0.5) is 0 Å². The Morgan fingerprint density at radius 3 is 1.75 bits per heavy atom. The Morgan fingerprint density at radius 2 is 1.21 bits per heavy atom. The van der Waals surface area contributed by atoms with Gasteiger partial charge in [0.05, 0.1) is 10.9 Å². The van der Waals surface area contributed by atoms with Gasteiger partial charge >= 0.3 is 0 Å². The van der Waals surface area contributed by atoms with Crippen molar-refractivity contribution in [3.8, 4) is 0 Å². The molecular weight excluding hydrogens is 366 g/mol. The first-order valence-corrected chi connectivity index (χ1v) is 11.1. The molecule has 3 aromatic carbocycles. The van der Waals surface area contributed by atoms with Gasteiger partial charge in [-0.3, -0.25) is 0 Å². The summed E-state index contributed by atoms with van der Waals surface area (Å²) in [7, 11) is -3.64. The maximum atomic E-state index is 13.1. The molecular formula is C24H27NO2S. The minimum Gasteiger partial charge on any atom is -0.207 e. The highest BCUT2D eigenvalue weighted by atomic mass is 32.2. The molecule has 0 radical (unpaired) electrons. The van der Waals surface area contributed by atoms with Crippen molar-refractivity contribution in [2.24, 2.45) is 5.92 Å². The normalized spacial score (nSPS) is 15.0. The van der Waals surface area contributed by atoms with Crippen LogP contribution in [0.25, 0.3) is 0 Å². The molecule has 1 N–H and O–H groups in total. The number of benzene rings is 3. The van der Waals surface area contributed by atoms with Gasteiger partial charge in [0.15, 0.2) is 0 Å². The molecule has 0 saturated heterocycles. The fourth-order valence-corrected chi connectivity index (χ4v) is 4.76. The van der Waals surface area contributed by atoms with Gasteiger partial charge in [-0.15, -0.1) is 0 Å². The Kier molecular flexibility index (Phi) is 6.32. The zero-order valence-electron chi connectivity index (χ0n) is 16.5. The molecule has 0 fully saturated rings. The van der Waals surface area contributed by atoms with E-state index < -0.39 is 10.0 Å². The van der Waals surface area contributed by atoms with Gasteiger partial charge in [0.2, 0.25) is 10.0 Å². The maximum Gasteiger partial charge on any atom is 0.241 e. The van der Waals surface area contributed by atoms with Gasteiger partial charge in [-0.25, -0.2) is 13.1 Å². The molecule has 146 valence electrons. The lowest BCUT2D eigenvalue weighted by atomic mass is 9.82. The van der Waals surface area contributed by atoms with Crippen LogP contribution in [-0.4, -0.2) is 8.42 Å². The Bertz CT molecular complexity index is 984. The molecule has 0 amide bonds. The van der Waals surface area contributed by atoms with Crippen molar-refractivity contribution in [3.63, 3.8) is 0 Å². The standard InChI is InChI=1S/C24H27NO2S/c1-18-14-16-23(17-15-18)28(26,27)25-24(22-12-8-5-9-13-22)20(3)19(2)21-10-6-4-7-11-21/h4-17,19-20,24-25H,1-3H3. The molecule has 3 rings (SSSR count).